The van der Waals surface area contributed by atoms with Gasteiger partial charge in [0.15, 0.2) is 0 Å². The highest BCUT2D eigenvalue weighted by atomic mass is 35.5. The van der Waals surface area contributed by atoms with Gasteiger partial charge in [0.1, 0.15) is 11.6 Å². The second-order valence-corrected chi connectivity index (χ2v) is 5.12. The third kappa shape index (κ3) is 2.10. The van der Waals surface area contributed by atoms with E-state index in [-0.39, 0.29) is 5.82 Å². The van der Waals surface area contributed by atoms with E-state index < -0.39 is 0 Å². The van der Waals surface area contributed by atoms with Gasteiger partial charge in [-0.25, -0.2) is 9.37 Å². The van der Waals surface area contributed by atoms with Crippen LogP contribution in [0.5, 0.6) is 0 Å². The van der Waals surface area contributed by atoms with Crippen molar-refractivity contribution in [3.63, 3.8) is 0 Å². The van der Waals surface area contributed by atoms with Crippen LogP contribution < -0.4 is 0 Å². The molecule has 3 aromatic rings. The first-order valence-electron chi connectivity index (χ1n) is 5.97. The molecule has 1 N–H and O–H groups in total. The highest BCUT2D eigenvalue weighted by molar-refractivity contribution is 6.30. The first-order valence-corrected chi connectivity index (χ1v) is 6.35. The van der Waals surface area contributed by atoms with Crippen LogP contribution in [0, 0.1) is 19.7 Å². The van der Waals surface area contributed by atoms with Crippen LogP contribution in [-0.4, -0.2) is 9.97 Å². The van der Waals surface area contributed by atoms with Crippen molar-refractivity contribution >= 4 is 22.6 Å². The summed E-state index contributed by atoms with van der Waals surface area (Å²) >= 11 is 5.91. The van der Waals surface area contributed by atoms with E-state index in [4.69, 9.17) is 11.6 Å². The summed E-state index contributed by atoms with van der Waals surface area (Å²) in [5.41, 5.74) is 4.37. The summed E-state index contributed by atoms with van der Waals surface area (Å²) < 4.78 is 13.8. The summed E-state index contributed by atoms with van der Waals surface area (Å²) in [6.07, 6.45) is 0. The van der Waals surface area contributed by atoms with Gasteiger partial charge in [-0.05, 0) is 49.2 Å². The van der Waals surface area contributed by atoms with Crippen LogP contribution in [0.1, 0.15) is 11.1 Å². The van der Waals surface area contributed by atoms with Gasteiger partial charge in [-0.3, -0.25) is 0 Å². The maximum atomic E-state index is 13.8. The minimum Gasteiger partial charge on any atom is -0.338 e. The number of aromatic nitrogens is 2. The summed E-state index contributed by atoms with van der Waals surface area (Å²) in [4.78, 5) is 7.62. The molecule has 1 aromatic heterocycles. The first-order chi connectivity index (χ1) is 9.04. The SMILES string of the molecule is Cc1cc(C)c2nc(-c3cc(Cl)ccc3F)[nH]c2c1. The van der Waals surface area contributed by atoms with Gasteiger partial charge in [-0.15, -0.1) is 0 Å². The molecule has 0 saturated carbocycles. The topological polar surface area (TPSA) is 28.7 Å². The Morgan fingerprint density at radius 2 is 1.95 bits per heavy atom. The number of halogens is 2. The number of nitrogens with zero attached hydrogens (tertiary/aromatic N) is 1. The average molecular weight is 275 g/mol. The van der Waals surface area contributed by atoms with E-state index in [2.05, 4.69) is 16.0 Å². The number of nitrogens with one attached hydrogen (secondary N) is 1. The molecular formula is C15H12ClFN2. The molecule has 3 rings (SSSR count). The van der Waals surface area contributed by atoms with Crippen molar-refractivity contribution in [2.45, 2.75) is 13.8 Å². The summed E-state index contributed by atoms with van der Waals surface area (Å²) in [5, 5.41) is 0.491. The van der Waals surface area contributed by atoms with Crippen molar-refractivity contribution < 1.29 is 4.39 Å². The fourth-order valence-corrected chi connectivity index (χ4v) is 2.45. The fraction of sp³-hybridized carbons (Fsp3) is 0.133. The van der Waals surface area contributed by atoms with Gasteiger partial charge in [0, 0.05) is 5.02 Å². The highest BCUT2D eigenvalue weighted by Crippen LogP contribution is 2.27. The molecular weight excluding hydrogens is 263 g/mol. The van der Waals surface area contributed by atoms with E-state index in [1.807, 2.05) is 19.9 Å². The van der Waals surface area contributed by atoms with Gasteiger partial charge < -0.3 is 4.98 Å². The molecule has 4 heteroatoms. The molecule has 0 fully saturated rings. The first kappa shape index (κ1) is 12.2. The summed E-state index contributed by atoms with van der Waals surface area (Å²) in [7, 11) is 0. The van der Waals surface area contributed by atoms with Gasteiger partial charge in [-0.2, -0.15) is 0 Å². The number of aromatic amines is 1. The van der Waals surface area contributed by atoms with Gasteiger partial charge >= 0.3 is 0 Å². The molecule has 96 valence electrons. The van der Waals surface area contributed by atoms with E-state index in [0.29, 0.717) is 16.4 Å². The maximum absolute atomic E-state index is 13.8. The van der Waals surface area contributed by atoms with Crippen molar-refractivity contribution in [2.24, 2.45) is 0 Å². The minimum absolute atomic E-state index is 0.335. The van der Waals surface area contributed by atoms with Gasteiger partial charge in [0.05, 0.1) is 16.6 Å². The molecule has 0 unspecified atom stereocenters. The van der Waals surface area contributed by atoms with Crippen LogP contribution in [0.15, 0.2) is 30.3 Å². The third-order valence-corrected chi connectivity index (χ3v) is 3.34. The zero-order valence-electron chi connectivity index (χ0n) is 10.6. The third-order valence-electron chi connectivity index (χ3n) is 3.11. The Bertz CT molecular complexity index is 777. The van der Waals surface area contributed by atoms with E-state index in [0.717, 1.165) is 22.2 Å². The smallest absolute Gasteiger partial charge is 0.141 e. The molecule has 2 nitrogen and oxygen atoms in total. The van der Waals surface area contributed by atoms with Crippen molar-refractivity contribution in [3.8, 4) is 11.4 Å². The quantitative estimate of drug-likeness (QED) is 0.688. The second kappa shape index (κ2) is 4.35. The molecule has 0 spiro atoms. The number of H-pyrrole nitrogens is 1. The van der Waals surface area contributed by atoms with Crippen molar-refractivity contribution in [2.75, 3.05) is 0 Å². The molecule has 2 aromatic carbocycles. The Morgan fingerprint density at radius 1 is 1.16 bits per heavy atom. The Hall–Kier alpha value is -1.87. The summed E-state index contributed by atoms with van der Waals surface area (Å²) in [6.45, 7) is 4.02. The predicted molar refractivity (Wildman–Crippen MR) is 76.0 cm³/mol. The highest BCUT2D eigenvalue weighted by Gasteiger charge is 2.12. The number of hydrogen-bond acceptors (Lipinski definition) is 1. The van der Waals surface area contributed by atoms with Crippen LogP contribution >= 0.6 is 11.6 Å². The molecule has 0 bridgehead atoms. The van der Waals surface area contributed by atoms with E-state index in [1.54, 1.807) is 6.07 Å². The average Bonchev–Trinajstić information content (AvgIpc) is 2.76. The number of fused-ring (bicyclic) bond motifs is 1. The van der Waals surface area contributed by atoms with Crippen LogP contribution in [0.4, 0.5) is 4.39 Å². The monoisotopic (exact) mass is 274 g/mol. The Kier molecular flexibility index (Phi) is 2.79. The van der Waals surface area contributed by atoms with Crippen molar-refractivity contribution in [1.82, 2.24) is 9.97 Å². The number of benzene rings is 2. The van der Waals surface area contributed by atoms with Gasteiger partial charge in [0.2, 0.25) is 0 Å². The van der Waals surface area contributed by atoms with Crippen LogP contribution in [0.2, 0.25) is 5.02 Å². The lowest BCUT2D eigenvalue weighted by Crippen LogP contribution is -1.86. The largest absolute Gasteiger partial charge is 0.338 e. The minimum atomic E-state index is -0.335. The number of imidazole rings is 1. The number of aryl methyl sites for hydroxylation is 2. The summed E-state index contributed by atoms with van der Waals surface area (Å²) in [5.74, 6) is 0.168. The molecule has 0 amide bonds. The lowest BCUT2D eigenvalue weighted by molar-refractivity contribution is 0.630. The Morgan fingerprint density at radius 3 is 2.74 bits per heavy atom. The van der Waals surface area contributed by atoms with Gasteiger partial charge in [-0.1, -0.05) is 17.7 Å². The standard InChI is InChI=1S/C15H12ClFN2/c1-8-5-9(2)14-13(6-8)18-15(19-14)11-7-10(16)3-4-12(11)17/h3-7H,1-2H3,(H,18,19). The molecule has 0 aliphatic rings. The van der Waals surface area contributed by atoms with Gasteiger partial charge in [0.25, 0.3) is 0 Å². The second-order valence-electron chi connectivity index (χ2n) is 4.69. The molecule has 0 saturated heterocycles. The molecule has 1 heterocycles. The predicted octanol–water partition coefficient (Wildman–Crippen LogP) is 4.64. The molecule has 0 radical (unpaired) electrons. The van der Waals surface area contributed by atoms with Crippen LogP contribution in [0.3, 0.4) is 0 Å². The molecule has 19 heavy (non-hydrogen) atoms. The van der Waals surface area contributed by atoms with E-state index >= 15 is 0 Å². The lowest BCUT2D eigenvalue weighted by Gasteiger charge is -1.99. The van der Waals surface area contributed by atoms with Crippen molar-refractivity contribution in [3.05, 3.63) is 52.3 Å². The summed E-state index contributed by atoms with van der Waals surface area (Å²) in [6, 6.07) is 8.51. The van der Waals surface area contributed by atoms with E-state index in [9.17, 15) is 4.39 Å². The van der Waals surface area contributed by atoms with Crippen LogP contribution in [-0.2, 0) is 0 Å². The Labute approximate surface area is 115 Å². The van der Waals surface area contributed by atoms with Crippen LogP contribution in [0.25, 0.3) is 22.4 Å². The molecule has 0 atom stereocenters. The van der Waals surface area contributed by atoms with Crippen molar-refractivity contribution in [1.29, 1.82) is 0 Å². The zero-order chi connectivity index (χ0) is 13.6. The Balaban J connectivity index is 2.26. The maximum Gasteiger partial charge on any atom is 0.141 e. The number of hydrogen-bond donors (Lipinski definition) is 1. The van der Waals surface area contributed by atoms with E-state index in [1.165, 1.54) is 12.1 Å². The number of rotatable bonds is 1. The fourth-order valence-electron chi connectivity index (χ4n) is 2.28. The zero-order valence-corrected chi connectivity index (χ0v) is 11.3. The lowest BCUT2D eigenvalue weighted by atomic mass is 10.1. The normalized spacial score (nSPS) is 11.2. The molecule has 0 aliphatic heterocycles. The molecule has 0 aliphatic carbocycles.